The summed E-state index contributed by atoms with van der Waals surface area (Å²) >= 11 is 8.41. The summed E-state index contributed by atoms with van der Waals surface area (Å²) in [4.78, 5) is 0. The van der Waals surface area contributed by atoms with E-state index >= 15 is 0 Å². The third kappa shape index (κ3) is 2.79. The van der Waals surface area contributed by atoms with Gasteiger partial charge in [-0.15, -0.1) is 0 Å². The SMILES string of the molecule is COc1ccc(C(N)c2ccccc2I)cc1Cl. The van der Waals surface area contributed by atoms with Crippen molar-refractivity contribution >= 4 is 34.2 Å². The Morgan fingerprint density at radius 3 is 2.56 bits per heavy atom. The zero-order valence-corrected chi connectivity index (χ0v) is 12.8. The standard InChI is InChI=1S/C14H13ClINO/c1-18-13-7-6-9(8-11(13)15)14(17)10-4-2-3-5-12(10)16/h2-8,14H,17H2,1H3. The fourth-order valence-corrected chi connectivity index (χ4v) is 2.77. The summed E-state index contributed by atoms with van der Waals surface area (Å²) < 4.78 is 6.28. The first-order valence-electron chi connectivity index (χ1n) is 5.47. The molecule has 0 aromatic heterocycles. The van der Waals surface area contributed by atoms with Crippen molar-refractivity contribution in [3.05, 3.63) is 62.2 Å². The van der Waals surface area contributed by atoms with Crippen LogP contribution in [0.25, 0.3) is 0 Å². The molecule has 0 spiro atoms. The zero-order chi connectivity index (χ0) is 13.1. The van der Waals surface area contributed by atoms with Crippen LogP contribution in [-0.4, -0.2) is 7.11 Å². The smallest absolute Gasteiger partial charge is 0.137 e. The van der Waals surface area contributed by atoms with Gasteiger partial charge in [-0.25, -0.2) is 0 Å². The molecular weight excluding hydrogens is 361 g/mol. The molecule has 0 bridgehead atoms. The van der Waals surface area contributed by atoms with E-state index in [0.717, 1.165) is 14.7 Å². The predicted octanol–water partition coefficient (Wildman–Crippen LogP) is 4.00. The van der Waals surface area contributed by atoms with Gasteiger partial charge in [-0.3, -0.25) is 0 Å². The maximum atomic E-state index is 6.27. The van der Waals surface area contributed by atoms with E-state index in [9.17, 15) is 0 Å². The zero-order valence-electron chi connectivity index (χ0n) is 9.86. The van der Waals surface area contributed by atoms with Crippen molar-refractivity contribution in [3.8, 4) is 5.75 Å². The highest BCUT2D eigenvalue weighted by Gasteiger charge is 2.13. The summed E-state index contributed by atoms with van der Waals surface area (Å²) in [5.74, 6) is 0.662. The highest BCUT2D eigenvalue weighted by Crippen LogP contribution is 2.30. The lowest BCUT2D eigenvalue weighted by Gasteiger charge is -2.15. The summed E-state index contributed by atoms with van der Waals surface area (Å²) in [6.45, 7) is 0. The number of ether oxygens (including phenoxy) is 1. The van der Waals surface area contributed by atoms with Crippen LogP contribution in [0.2, 0.25) is 5.02 Å². The number of methoxy groups -OCH3 is 1. The number of hydrogen-bond donors (Lipinski definition) is 1. The molecular formula is C14H13ClINO. The second kappa shape index (κ2) is 5.91. The van der Waals surface area contributed by atoms with Crippen molar-refractivity contribution in [1.29, 1.82) is 0 Å². The topological polar surface area (TPSA) is 35.2 Å². The van der Waals surface area contributed by atoms with Crippen molar-refractivity contribution in [3.63, 3.8) is 0 Å². The molecule has 1 unspecified atom stereocenters. The van der Waals surface area contributed by atoms with Gasteiger partial charge in [0.25, 0.3) is 0 Å². The average molecular weight is 374 g/mol. The van der Waals surface area contributed by atoms with E-state index in [2.05, 4.69) is 22.6 Å². The molecule has 0 radical (unpaired) electrons. The first-order valence-corrected chi connectivity index (χ1v) is 6.92. The Bertz CT molecular complexity index is 559. The third-order valence-electron chi connectivity index (χ3n) is 2.78. The quantitative estimate of drug-likeness (QED) is 0.825. The second-order valence-corrected chi connectivity index (χ2v) is 5.46. The van der Waals surface area contributed by atoms with Gasteiger partial charge in [-0.05, 0) is 51.9 Å². The summed E-state index contributed by atoms with van der Waals surface area (Å²) in [5, 5.41) is 0.580. The van der Waals surface area contributed by atoms with E-state index in [0.29, 0.717) is 10.8 Å². The van der Waals surface area contributed by atoms with Crippen molar-refractivity contribution in [2.45, 2.75) is 6.04 Å². The number of nitrogens with two attached hydrogens (primary N) is 1. The van der Waals surface area contributed by atoms with E-state index in [1.807, 2.05) is 42.5 Å². The molecule has 1 atom stereocenters. The number of halogens is 2. The molecule has 0 fully saturated rings. The van der Waals surface area contributed by atoms with E-state index in [-0.39, 0.29) is 6.04 Å². The van der Waals surface area contributed by atoms with Gasteiger partial charge >= 0.3 is 0 Å². The van der Waals surface area contributed by atoms with Gasteiger partial charge in [0.05, 0.1) is 18.2 Å². The molecule has 2 aromatic rings. The normalized spacial score (nSPS) is 12.2. The molecule has 4 heteroatoms. The fourth-order valence-electron chi connectivity index (χ4n) is 1.78. The first-order chi connectivity index (χ1) is 8.63. The maximum absolute atomic E-state index is 6.27. The average Bonchev–Trinajstić information content (AvgIpc) is 2.38. The van der Waals surface area contributed by atoms with Gasteiger partial charge in [-0.1, -0.05) is 35.9 Å². The van der Waals surface area contributed by atoms with Crippen LogP contribution < -0.4 is 10.5 Å². The Kier molecular flexibility index (Phi) is 4.48. The molecule has 2 nitrogen and oxygen atoms in total. The Balaban J connectivity index is 2.37. The van der Waals surface area contributed by atoms with Gasteiger partial charge in [0, 0.05) is 3.57 Å². The van der Waals surface area contributed by atoms with Crippen LogP contribution in [0.3, 0.4) is 0 Å². The van der Waals surface area contributed by atoms with E-state index in [4.69, 9.17) is 22.1 Å². The molecule has 2 N–H and O–H groups in total. The Morgan fingerprint density at radius 1 is 1.22 bits per heavy atom. The van der Waals surface area contributed by atoms with E-state index < -0.39 is 0 Å². The molecule has 0 heterocycles. The molecule has 18 heavy (non-hydrogen) atoms. The van der Waals surface area contributed by atoms with Gasteiger partial charge in [0.15, 0.2) is 0 Å². The highest BCUT2D eigenvalue weighted by molar-refractivity contribution is 14.1. The molecule has 2 rings (SSSR count). The lowest BCUT2D eigenvalue weighted by molar-refractivity contribution is 0.415. The molecule has 0 saturated heterocycles. The number of hydrogen-bond acceptors (Lipinski definition) is 2. The summed E-state index contributed by atoms with van der Waals surface area (Å²) in [6.07, 6.45) is 0. The Morgan fingerprint density at radius 2 is 1.94 bits per heavy atom. The molecule has 2 aromatic carbocycles. The van der Waals surface area contributed by atoms with Crippen LogP contribution in [0, 0.1) is 3.57 Å². The monoisotopic (exact) mass is 373 g/mol. The summed E-state index contributed by atoms with van der Waals surface area (Å²) in [6, 6.07) is 13.5. The van der Waals surface area contributed by atoms with Crippen LogP contribution in [0.15, 0.2) is 42.5 Å². The van der Waals surface area contributed by atoms with Crippen molar-refractivity contribution in [1.82, 2.24) is 0 Å². The summed E-state index contributed by atoms with van der Waals surface area (Å²) in [5.41, 5.74) is 8.35. The predicted molar refractivity (Wildman–Crippen MR) is 83.2 cm³/mol. The van der Waals surface area contributed by atoms with E-state index in [1.54, 1.807) is 7.11 Å². The lowest BCUT2D eigenvalue weighted by atomic mass is 10.00. The van der Waals surface area contributed by atoms with Crippen LogP contribution in [0.1, 0.15) is 17.2 Å². The fraction of sp³-hybridized carbons (Fsp3) is 0.143. The molecule has 0 saturated carbocycles. The molecule has 0 aliphatic carbocycles. The van der Waals surface area contributed by atoms with Crippen LogP contribution >= 0.6 is 34.2 Å². The molecule has 94 valence electrons. The van der Waals surface area contributed by atoms with Gasteiger partial charge in [0.2, 0.25) is 0 Å². The van der Waals surface area contributed by atoms with Crippen LogP contribution in [0.5, 0.6) is 5.75 Å². The van der Waals surface area contributed by atoms with Crippen LogP contribution in [-0.2, 0) is 0 Å². The van der Waals surface area contributed by atoms with Crippen LogP contribution in [0.4, 0.5) is 0 Å². The molecule has 0 aliphatic heterocycles. The number of rotatable bonds is 3. The van der Waals surface area contributed by atoms with Crippen molar-refractivity contribution in [2.75, 3.05) is 7.11 Å². The lowest BCUT2D eigenvalue weighted by Crippen LogP contribution is -2.13. The number of benzene rings is 2. The van der Waals surface area contributed by atoms with Gasteiger partial charge in [-0.2, -0.15) is 0 Å². The third-order valence-corrected chi connectivity index (χ3v) is 4.05. The summed E-state index contributed by atoms with van der Waals surface area (Å²) in [7, 11) is 1.60. The minimum Gasteiger partial charge on any atom is -0.495 e. The van der Waals surface area contributed by atoms with Gasteiger partial charge in [0.1, 0.15) is 5.75 Å². The maximum Gasteiger partial charge on any atom is 0.137 e. The molecule has 0 amide bonds. The minimum absolute atomic E-state index is 0.179. The minimum atomic E-state index is -0.179. The van der Waals surface area contributed by atoms with Crippen molar-refractivity contribution < 1.29 is 4.74 Å². The molecule has 0 aliphatic rings. The Labute approximate surface area is 125 Å². The van der Waals surface area contributed by atoms with Gasteiger partial charge < -0.3 is 10.5 Å². The highest BCUT2D eigenvalue weighted by atomic mass is 127. The second-order valence-electron chi connectivity index (χ2n) is 3.89. The van der Waals surface area contributed by atoms with E-state index in [1.165, 1.54) is 0 Å². The Hall–Kier alpha value is -0.780. The largest absolute Gasteiger partial charge is 0.495 e. The van der Waals surface area contributed by atoms with Crippen molar-refractivity contribution in [2.24, 2.45) is 5.73 Å². The first kappa shape index (κ1) is 13.6.